The van der Waals surface area contributed by atoms with Crippen molar-refractivity contribution in [2.45, 2.75) is 13.3 Å². The highest BCUT2D eigenvalue weighted by Crippen LogP contribution is 2.26. The van der Waals surface area contributed by atoms with Gasteiger partial charge in [0.1, 0.15) is 0 Å². The van der Waals surface area contributed by atoms with Crippen LogP contribution in [0.1, 0.15) is 11.3 Å². The molecule has 2 N–H and O–H groups in total. The van der Waals surface area contributed by atoms with E-state index in [0.29, 0.717) is 11.6 Å². The molecular formula is C14H12BrN3OS. The molecule has 3 aromatic rings. The van der Waals surface area contributed by atoms with E-state index in [9.17, 15) is 4.79 Å². The van der Waals surface area contributed by atoms with E-state index < -0.39 is 0 Å². The van der Waals surface area contributed by atoms with Crippen molar-refractivity contribution >= 4 is 49.2 Å². The second-order valence-corrected chi connectivity index (χ2v) is 6.29. The summed E-state index contributed by atoms with van der Waals surface area (Å²) < 4.78 is 1.01. The summed E-state index contributed by atoms with van der Waals surface area (Å²) in [5, 5.41) is 6.35. The van der Waals surface area contributed by atoms with Crippen LogP contribution in [-0.2, 0) is 11.2 Å². The number of H-pyrrole nitrogens is 1. The van der Waals surface area contributed by atoms with E-state index in [2.05, 4.69) is 31.2 Å². The molecule has 0 aliphatic heterocycles. The topological polar surface area (TPSA) is 57.8 Å². The fraction of sp³-hybridized carbons (Fsp3) is 0.143. The Morgan fingerprint density at radius 1 is 1.50 bits per heavy atom. The molecule has 0 unspecified atom stereocenters. The van der Waals surface area contributed by atoms with Gasteiger partial charge in [0.25, 0.3) is 0 Å². The van der Waals surface area contributed by atoms with Gasteiger partial charge >= 0.3 is 0 Å². The Labute approximate surface area is 128 Å². The summed E-state index contributed by atoms with van der Waals surface area (Å²) >= 11 is 4.88. The third-order valence-corrected chi connectivity index (χ3v) is 4.28. The lowest BCUT2D eigenvalue weighted by Crippen LogP contribution is -2.14. The van der Waals surface area contributed by atoms with E-state index in [0.717, 1.165) is 26.6 Å². The number of rotatable bonds is 3. The van der Waals surface area contributed by atoms with Gasteiger partial charge < -0.3 is 10.3 Å². The number of amides is 1. The number of aromatic amines is 1. The van der Waals surface area contributed by atoms with E-state index in [4.69, 9.17) is 0 Å². The predicted molar refractivity (Wildman–Crippen MR) is 85.2 cm³/mol. The zero-order valence-corrected chi connectivity index (χ0v) is 13.1. The number of halogens is 1. The van der Waals surface area contributed by atoms with Crippen LogP contribution in [0.3, 0.4) is 0 Å². The Morgan fingerprint density at radius 3 is 3.10 bits per heavy atom. The minimum Gasteiger partial charge on any atom is -0.358 e. The Balaban J connectivity index is 1.88. The molecule has 102 valence electrons. The highest BCUT2D eigenvalue weighted by molar-refractivity contribution is 9.10. The molecule has 1 amide bonds. The molecule has 3 rings (SSSR count). The fourth-order valence-corrected chi connectivity index (χ4v) is 3.10. The maximum atomic E-state index is 12.1. The van der Waals surface area contributed by atoms with Crippen molar-refractivity contribution < 1.29 is 4.79 Å². The van der Waals surface area contributed by atoms with E-state index in [1.54, 1.807) is 6.20 Å². The molecular weight excluding hydrogens is 338 g/mol. The van der Waals surface area contributed by atoms with Crippen molar-refractivity contribution in [1.29, 1.82) is 0 Å². The minimum atomic E-state index is -0.0519. The van der Waals surface area contributed by atoms with Gasteiger partial charge in [-0.3, -0.25) is 4.79 Å². The quantitative estimate of drug-likeness (QED) is 0.753. The number of nitrogens with one attached hydrogen (secondary N) is 2. The van der Waals surface area contributed by atoms with Crippen molar-refractivity contribution in [2.75, 3.05) is 5.32 Å². The predicted octanol–water partition coefficient (Wildman–Crippen LogP) is 3.88. The Morgan fingerprint density at radius 2 is 2.35 bits per heavy atom. The first-order chi connectivity index (χ1) is 9.63. The summed E-state index contributed by atoms with van der Waals surface area (Å²) in [5.74, 6) is -0.0519. The molecule has 20 heavy (non-hydrogen) atoms. The molecule has 0 aliphatic carbocycles. The average Bonchev–Trinajstić information content (AvgIpc) is 3.00. The van der Waals surface area contributed by atoms with Crippen LogP contribution < -0.4 is 5.32 Å². The molecule has 0 bridgehead atoms. The molecule has 2 heterocycles. The maximum Gasteiger partial charge on any atom is 0.230 e. The van der Waals surface area contributed by atoms with E-state index >= 15 is 0 Å². The second kappa shape index (κ2) is 5.38. The fourth-order valence-electron chi connectivity index (χ4n) is 2.19. The summed E-state index contributed by atoms with van der Waals surface area (Å²) in [6.45, 7) is 1.99. The molecule has 0 atom stereocenters. The highest BCUT2D eigenvalue weighted by Gasteiger charge is 2.13. The number of anilines is 1. The normalized spacial score (nSPS) is 10.9. The van der Waals surface area contributed by atoms with Gasteiger partial charge in [0.05, 0.1) is 6.42 Å². The molecule has 0 saturated carbocycles. The lowest BCUT2D eigenvalue weighted by atomic mass is 10.1. The van der Waals surface area contributed by atoms with E-state index in [-0.39, 0.29) is 5.91 Å². The monoisotopic (exact) mass is 349 g/mol. The number of nitrogens with zero attached hydrogens (tertiary/aromatic N) is 1. The van der Waals surface area contributed by atoms with Gasteiger partial charge in [-0.15, -0.1) is 11.3 Å². The number of hydrogen-bond acceptors (Lipinski definition) is 3. The first kappa shape index (κ1) is 13.3. The minimum absolute atomic E-state index is 0.0519. The smallest absolute Gasteiger partial charge is 0.230 e. The van der Waals surface area contributed by atoms with Gasteiger partial charge in [0.15, 0.2) is 5.13 Å². The molecule has 4 nitrogen and oxygen atoms in total. The van der Waals surface area contributed by atoms with Crippen LogP contribution in [0.2, 0.25) is 0 Å². The van der Waals surface area contributed by atoms with E-state index in [1.165, 1.54) is 11.3 Å². The van der Waals surface area contributed by atoms with Crippen molar-refractivity contribution in [3.63, 3.8) is 0 Å². The van der Waals surface area contributed by atoms with Crippen LogP contribution in [-0.4, -0.2) is 15.9 Å². The number of fused-ring (bicyclic) bond motifs is 1. The van der Waals surface area contributed by atoms with Gasteiger partial charge in [-0.05, 0) is 30.7 Å². The highest BCUT2D eigenvalue weighted by atomic mass is 79.9. The molecule has 0 aliphatic rings. The van der Waals surface area contributed by atoms with Crippen LogP contribution >= 0.6 is 27.3 Å². The van der Waals surface area contributed by atoms with Crippen molar-refractivity contribution in [1.82, 2.24) is 9.97 Å². The number of aryl methyl sites for hydroxylation is 1. The summed E-state index contributed by atoms with van der Waals surface area (Å²) in [6, 6.07) is 6.02. The third-order valence-electron chi connectivity index (χ3n) is 3.10. The first-order valence-corrected chi connectivity index (χ1v) is 7.77. The molecule has 1 aromatic carbocycles. The zero-order chi connectivity index (χ0) is 14.1. The lowest BCUT2D eigenvalue weighted by molar-refractivity contribution is -0.115. The summed E-state index contributed by atoms with van der Waals surface area (Å²) in [7, 11) is 0. The molecule has 0 fully saturated rings. The Kier molecular flexibility index (Phi) is 3.58. The van der Waals surface area contributed by atoms with Gasteiger partial charge in [-0.25, -0.2) is 4.98 Å². The maximum absolute atomic E-state index is 12.1. The van der Waals surface area contributed by atoms with Crippen LogP contribution in [0.5, 0.6) is 0 Å². The van der Waals surface area contributed by atoms with Crippen molar-refractivity contribution in [3.8, 4) is 0 Å². The van der Waals surface area contributed by atoms with Gasteiger partial charge in [0.2, 0.25) is 5.91 Å². The molecule has 6 heteroatoms. The van der Waals surface area contributed by atoms with Crippen LogP contribution in [0, 0.1) is 6.92 Å². The largest absolute Gasteiger partial charge is 0.358 e. The number of aromatic nitrogens is 2. The van der Waals surface area contributed by atoms with Gasteiger partial charge in [0, 0.05) is 32.6 Å². The second-order valence-electron chi connectivity index (χ2n) is 4.48. The van der Waals surface area contributed by atoms with Crippen LogP contribution in [0.25, 0.3) is 10.9 Å². The van der Waals surface area contributed by atoms with Crippen LogP contribution in [0.15, 0.2) is 34.2 Å². The molecule has 2 aromatic heterocycles. The molecule has 0 radical (unpaired) electrons. The van der Waals surface area contributed by atoms with Gasteiger partial charge in [-0.2, -0.15) is 0 Å². The Hall–Kier alpha value is -1.66. The molecule has 0 spiro atoms. The lowest BCUT2D eigenvalue weighted by Gasteiger charge is -2.02. The number of carbonyl (C=O) groups excluding carboxylic acids is 1. The number of carbonyl (C=O) groups is 1. The first-order valence-electron chi connectivity index (χ1n) is 6.09. The Bertz CT molecular complexity index is 764. The third kappa shape index (κ3) is 2.62. The van der Waals surface area contributed by atoms with Crippen molar-refractivity contribution in [2.24, 2.45) is 0 Å². The summed E-state index contributed by atoms with van der Waals surface area (Å²) in [5.41, 5.74) is 3.09. The zero-order valence-electron chi connectivity index (χ0n) is 10.7. The number of hydrogen-bond donors (Lipinski definition) is 2. The standard InChI is InChI=1S/C14H12BrN3OS/c1-8-10(7-13(19)18-14-16-4-5-20-14)11-6-9(15)2-3-12(11)17-8/h2-6,17H,7H2,1H3,(H,16,18,19). The number of benzene rings is 1. The van der Waals surface area contributed by atoms with Crippen molar-refractivity contribution in [3.05, 3.63) is 45.5 Å². The SMILES string of the molecule is Cc1[nH]c2ccc(Br)cc2c1CC(=O)Nc1nccs1. The average molecular weight is 350 g/mol. The summed E-state index contributed by atoms with van der Waals surface area (Å²) in [4.78, 5) is 19.4. The van der Waals surface area contributed by atoms with E-state index in [1.807, 2.05) is 30.5 Å². The molecule has 0 saturated heterocycles. The van der Waals surface area contributed by atoms with Gasteiger partial charge in [-0.1, -0.05) is 15.9 Å². The summed E-state index contributed by atoms with van der Waals surface area (Å²) in [6.07, 6.45) is 2.01. The number of thiazole rings is 1. The van der Waals surface area contributed by atoms with Crippen LogP contribution in [0.4, 0.5) is 5.13 Å².